The van der Waals surface area contributed by atoms with Crippen LogP contribution in [0.2, 0.25) is 0 Å². The summed E-state index contributed by atoms with van der Waals surface area (Å²) in [6.07, 6.45) is 3.89. The molecule has 1 aromatic rings. The second-order valence-corrected chi connectivity index (χ2v) is 4.26. The van der Waals surface area contributed by atoms with Crippen molar-refractivity contribution in [2.45, 2.75) is 25.8 Å². The molecule has 0 bridgehead atoms. The third kappa shape index (κ3) is 2.89. The Morgan fingerprint density at radius 2 is 2.19 bits per heavy atom. The van der Waals surface area contributed by atoms with E-state index < -0.39 is 0 Å². The van der Waals surface area contributed by atoms with Crippen molar-refractivity contribution >= 4 is 0 Å². The Bertz CT molecular complexity index is 348. The van der Waals surface area contributed by atoms with Crippen molar-refractivity contribution in [2.75, 3.05) is 13.7 Å². The minimum atomic E-state index is 0.503. The first kappa shape index (κ1) is 11.3. The van der Waals surface area contributed by atoms with Crippen molar-refractivity contribution < 1.29 is 9.47 Å². The first-order valence-electron chi connectivity index (χ1n) is 5.83. The number of hydrogen-bond donors (Lipinski definition) is 1. The van der Waals surface area contributed by atoms with Crippen LogP contribution in [0.1, 0.15) is 24.8 Å². The van der Waals surface area contributed by atoms with Crippen LogP contribution >= 0.6 is 0 Å². The first-order chi connectivity index (χ1) is 7.83. The molecule has 3 heteroatoms. The van der Waals surface area contributed by atoms with E-state index in [9.17, 15) is 0 Å². The van der Waals surface area contributed by atoms with E-state index >= 15 is 0 Å². The second-order valence-electron chi connectivity index (χ2n) is 4.26. The van der Waals surface area contributed by atoms with Crippen molar-refractivity contribution in [2.24, 2.45) is 11.7 Å². The van der Waals surface area contributed by atoms with Crippen molar-refractivity contribution in [3.8, 4) is 11.5 Å². The molecule has 16 heavy (non-hydrogen) atoms. The first-order valence-corrected chi connectivity index (χ1v) is 5.83. The lowest BCUT2D eigenvalue weighted by Gasteiger charge is -2.11. The van der Waals surface area contributed by atoms with Crippen LogP contribution in [0, 0.1) is 5.92 Å². The average molecular weight is 221 g/mol. The quantitative estimate of drug-likeness (QED) is 0.801. The van der Waals surface area contributed by atoms with Crippen LogP contribution in [-0.2, 0) is 6.54 Å². The lowest BCUT2D eigenvalue weighted by molar-refractivity contribution is 0.297. The van der Waals surface area contributed by atoms with Gasteiger partial charge in [-0.05, 0) is 18.4 Å². The third-order valence-corrected chi connectivity index (χ3v) is 2.97. The molecule has 88 valence electrons. The lowest BCUT2D eigenvalue weighted by Crippen LogP contribution is -2.04. The van der Waals surface area contributed by atoms with Crippen molar-refractivity contribution in [3.63, 3.8) is 0 Å². The molecule has 2 rings (SSSR count). The van der Waals surface area contributed by atoms with Crippen LogP contribution < -0.4 is 15.2 Å². The van der Waals surface area contributed by atoms with Crippen LogP contribution in [0.4, 0.5) is 0 Å². The van der Waals surface area contributed by atoms with Crippen molar-refractivity contribution in [1.29, 1.82) is 0 Å². The molecule has 1 fully saturated rings. The molecule has 1 saturated carbocycles. The fourth-order valence-electron chi connectivity index (χ4n) is 1.71. The maximum atomic E-state index is 5.76. The van der Waals surface area contributed by atoms with E-state index in [2.05, 4.69) is 0 Å². The van der Waals surface area contributed by atoms with Gasteiger partial charge in [0.2, 0.25) is 0 Å². The Labute approximate surface area is 96.5 Å². The Morgan fingerprint density at radius 1 is 1.38 bits per heavy atom. The van der Waals surface area contributed by atoms with E-state index in [0.29, 0.717) is 6.54 Å². The topological polar surface area (TPSA) is 44.5 Å². The molecule has 0 unspecified atom stereocenters. The summed E-state index contributed by atoms with van der Waals surface area (Å²) in [4.78, 5) is 0. The molecule has 3 nitrogen and oxygen atoms in total. The molecule has 0 radical (unpaired) electrons. The SMILES string of the molecule is COc1ccc(CN)c(OCCC2CC2)c1. The third-order valence-electron chi connectivity index (χ3n) is 2.97. The van der Waals surface area contributed by atoms with E-state index in [0.717, 1.165) is 36.0 Å². The van der Waals surface area contributed by atoms with E-state index in [-0.39, 0.29) is 0 Å². The van der Waals surface area contributed by atoms with Crippen LogP contribution in [0.15, 0.2) is 18.2 Å². The van der Waals surface area contributed by atoms with Crippen LogP contribution in [0.25, 0.3) is 0 Å². The summed E-state index contributed by atoms with van der Waals surface area (Å²) < 4.78 is 10.9. The van der Waals surface area contributed by atoms with Gasteiger partial charge >= 0.3 is 0 Å². The molecule has 0 amide bonds. The summed E-state index contributed by atoms with van der Waals surface area (Å²) in [7, 11) is 1.66. The van der Waals surface area contributed by atoms with Gasteiger partial charge in [-0.3, -0.25) is 0 Å². The molecule has 0 aliphatic heterocycles. The van der Waals surface area contributed by atoms with Gasteiger partial charge in [0.25, 0.3) is 0 Å². The van der Waals surface area contributed by atoms with E-state index in [1.54, 1.807) is 7.11 Å². The summed E-state index contributed by atoms with van der Waals surface area (Å²) in [6, 6.07) is 5.79. The molecule has 1 aliphatic rings. The molecule has 2 N–H and O–H groups in total. The number of methoxy groups -OCH3 is 1. The van der Waals surface area contributed by atoms with E-state index in [1.807, 2.05) is 18.2 Å². The number of ether oxygens (including phenoxy) is 2. The van der Waals surface area contributed by atoms with Gasteiger partial charge in [0.1, 0.15) is 11.5 Å². The van der Waals surface area contributed by atoms with Gasteiger partial charge in [-0.25, -0.2) is 0 Å². The minimum Gasteiger partial charge on any atom is -0.497 e. The summed E-state index contributed by atoms with van der Waals surface area (Å²) in [5.74, 6) is 2.58. The normalized spacial score (nSPS) is 14.9. The number of nitrogens with two attached hydrogens (primary N) is 1. The van der Waals surface area contributed by atoms with Crippen molar-refractivity contribution in [1.82, 2.24) is 0 Å². The maximum absolute atomic E-state index is 5.76. The molecule has 0 heterocycles. The predicted molar refractivity (Wildman–Crippen MR) is 63.7 cm³/mol. The van der Waals surface area contributed by atoms with Crippen LogP contribution in [0.5, 0.6) is 11.5 Å². The highest BCUT2D eigenvalue weighted by atomic mass is 16.5. The van der Waals surface area contributed by atoms with Crippen molar-refractivity contribution in [3.05, 3.63) is 23.8 Å². The number of rotatable bonds is 6. The molecule has 0 spiro atoms. The number of benzene rings is 1. The Balaban J connectivity index is 1.97. The minimum absolute atomic E-state index is 0.503. The molecule has 1 aromatic carbocycles. The highest BCUT2D eigenvalue weighted by Gasteiger charge is 2.20. The molecular weight excluding hydrogens is 202 g/mol. The van der Waals surface area contributed by atoms with Gasteiger partial charge in [0, 0.05) is 18.2 Å². The largest absolute Gasteiger partial charge is 0.497 e. The van der Waals surface area contributed by atoms with Gasteiger partial charge in [0.05, 0.1) is 13.7 Å². The summed E-state index contributed by atoms with van der Waals surface area (Å²) in [5.41, 5.74) is 6.70. The molecule has 1 aliphatic carbocycles. The van der Waals surface area contributed by atoms with Gasteiger partial charge < -0.3 is 15.2 Å². The number of hydrogen-bond acceptors (Lipinski definition) is 3. The smallest absolute Gasteiger partial charge is 0.127 e. The maximum Gasteiger partial charge on any atom is 0.127 e. The lowest BCUT2D eigenvalue weighted by atomic mass is 10.2. The van der Waals surface area contributed by atoms with Gasteiger partial charge in [-0.1, -0.05) is 18.9 Å². The van der Waals surface area contributed by atoms with E-state index in [4.69, 9.17) is 15.2 Å². The summed E-state index contributed by atoms with van der Waals surface area (Å²) in [5, 5.41) is 0. The molecule has 0 atom stereocenters. The standard InChI is InChI=1S/C13H19NO2/c1-15-12-5-4-11(9-14)13(8-12)16-7-6-10-2-3-10/h4-5,8,10H,2-3,6-7,9,14H2,1H3. The Hall–Kier alpha value is -1.22. The fraction of sp³-hybridized carbons (Fsp3) is 0.538. The highest BCUT2D eigenvalue weighted by Crippen LogP contribution is 2.33. The zero-order valence-corrected chi connectivity index (χ0v) is 9.74. The summed E-state index contributed by atoms with van der Waals surface area (Å²) >= 11 is 0. The highest BCUT2D eigenvalue weighted by molar-refractivity contribution is 5.40. The predicted octanol–water partition coefficient (Wildman–Crippen LogP) is 2.33. The van der Waals surface area contributed by atoms with Gasteiger partial charge in [-0.15, -0.1) is 0 Å². The summed E-state index contributed by atoms with van der Waals surface area (Å²) in [6.45, 7) is 1.29. The molecule has 0 aromatic heterocycles. The van der Waals surface area contributed by atoms with Gasteiger partial charge in [-0.2, -0.15) is 0 Å². The Kier molecular flexibility index (Phi) is 3.67. The monoisotopic (exact) mass is 221 g/mol. The van der Waals surface area contributed by atoms with Crippen LogP contribution in [0.3, 0.4) is 0 Å². The molecule has 0 saturated heterocycles. The van der Waals surface area contributed by atoms with Crippen LogP contribution in [-0.4, -0.2) is 13.7 Å². The Morgan fingerprint density at radius 3 is 2.81 bits per heavy atom. The second kappa shape index (κ2) is 5.21. The average Bonchev–Trinajstić information content (AvgIpc) is 3.13. The zero-order chi connectivity index (χ0) is 11.4. The fourth-order valence-corrected chi connectivity index (χ4v) is 1.71. The molecular formula is C13H19NO2. The zero-order valence-electron chi connectivity index (χ0n) is 9.74. The van der Waals surface area contributed by atoms with Gasteiger partial charge in [0.15, 0.2) is 0 Å². The van der Waals surface area contributed by atoms with E-state index in [1.165, 1.54) is 12.8 Å².